The highest BCUT2D eigenvalue weighted by Crippen LogP contribution is 2.41. The molecule has 0 amide bonds. The molecule has 3 N–H and O–H groups in total. The molecule has 8 nitrogen and oxygen atoms in total. The van der Waals surface area contributed by atoms with Crippen molar-refractivity contribution in [2.75, 3.05) is 31.8 Å². The summed E-state index contributed by atoms with van der Waals surface area (Å²) in [5.74, 6) is 1.83. The smallest absolute Gasteiger partial charge is 0.144 e. The molecule has 0 spiro atoms. The second kappa shape index (κ2) is 9.56. The lowest BCUT2D eigenvalue weighted by atomic mass is 10.2. The molecule has 0 unspecified atom stereocenters. The normalized spacial score (nSPS) is 14.2. The van der Waals surface area contributed by atoms with Gasteiger partial charge in [0, 0.05) is 23.3 Å². The number of ether oxygens (including phenoxy) is 2. The lowest BCUT2D eigenvalue weighted by Gasteiger charge is -2.24. The summed E-state index contributed by atoms with van der Waals surface area (Å²) >= 11 is 6.47. The van der Waals surface area contributed by atoms with Gasteiger partial charge in [-0.3, -0.25) is 4.98 Å². The number of anilines is 3. The van der Waals surface area contributed by atoms with Crippen molar-refractivity contribution in [2.24, 2.45) is 0 Å². The number of aromatic nitrogens is 3. The van der Waals surface area contributed by atoms with E-state index >= 15 is 0 Å². The molecule has 180 valence electrons. The number of hydrogen-bond donors (Lipinski definition) is 2. The molecule has 1 aliphatic carbocycles. The third-order valence-electron chi connectivity index (χ3n) is 6.34. The van der Waals surface area contributed by atoms with Gasteiger partial charge in [-0.25, -0.2) is 9.97 Å². The van der Waals surface area contributed by atoms with E-state index in [2.05, 4.69) is 39.3 Å². The van der Waals surface area contributed by atoms with Crippen LogP contribution in [-0.2, 0) is 6.61 Å². The Balaban J connectivity index is 1.31. The molecule has 1 saturated carbocycles. The number of likely N-dealkylation sites (N-methyl/N-ethyl adjacent to an activating group) is 1. The molecule has 1 aliphatic rings. The van der Waals surface area contributed by atoms with E-state index in [-0.39, 0.29) is 5.54 Å². The molecule has 2 heterocycles. The number of fused-ring (bicyclic) bond motifs is 1. The number of halogens is 1. The predicted octanol–water partition coefficient (Wildman–Crippen LogP) is 5.06. The molecular formula is C26H27ClN6O2. The van der Waals surface area contributed by atoms with Crippen molar-refractivity contribution in [2.45, 2.75) is 25.0 Å². The quantitative estimate of drug-likeness (QED) is 0.314. The van der Waals surface area contributed by atoms with Gasteiger partial charge in [0.25, 0.3) is 0 Å². The summed E-state index contributed by atoms with van der Waals surface area (Å²) in [5.41, 5.74) is 9.31. The SMILES string of the molecule is CN(C)C1(COc2cc3ncnc(Nc4ccc(OCc5ccccn5)c(Cl)c4)c3cc2N)CC1. The number of pyridine rings is 1. The largest absolute Gasteiger partial charge is 0.489 e. The van der Waals surface area contributed by atoms with Crippen LogP contribution in [-0.4, -0.2) is 46.1 Å². The van der Waals surface area contributed by atoms with Crippen LogP contribution < -0.4 is 20.5 Å². The Morgan fingerprint density at radius 3 is 2.60 bits per heavy atom. The van der Waals surface area contributed by atoms with Gasteiger partial charge in [0.05, 0.1) is 27.5 Å². The van der Waals surface area contributed by atoms with Crippen molar-refractivity contribution in [3.63, 3.8) is 0 Å². The maximum Gasteiger partial charge on any atom is 0.144 e. The van der Waals surface area contributed by atoms with Crippen molar-refractivity contribution in [3.8, 4) is 11.5 Å². The minimum atomic E-state index is 0.104. The van der Waals surface area contributed by atoms with Gasteiger partial charge in [-0.05, 0) is 63.3 Å². The van der Waals surface area contributed by atoms with E-state index < -0.39 is 0 Å². The predicted molar refractivity (Wildman–Crippen MR) is 138 cm³/mol. The Labute approximate surface area is 209 Å². The van der Waals surface area contributed by atoms with Gasteiger partial charge in [-0.2, -0.15) is 0 Å². The number of nitrogen functional groups attached to an aromatic ring is 1. The van der Waals surface area contributed by atoms with Gasteiger partial charge in [0.2, 0.25) is 0 Å². The van der Waals surface area contributed by atoms with Crippen LogP contribution in [0.3, 0.4) is 0 Å². The Morgan fingerprint density at radius 2 is 1.89 bits per heavy atom. The second-order valence-electron chi connectivity index (χ2n) is 8.92. The molecule has 0 bridgehead atoms. The fourth-order valence-electron chi connectivity index (χ4n) is 3.87. The summed E-state index contributed by atoms with van der Waals surface area (Å²) in [6.07, 6.45) is 5.49. The van der Waals surface area contributed by atoms with Crippen LogP contribution >= 0.6 is 11.6 Å². The molecule has 0 saturated heterocycles. The molecule has 5 rings (SSSR count). The summed E-state index contributed by atoms with van der Waals surface area (Å²) < 4.78 is 11.9. The molecule has 0 radical (unpaired) electrons. The van der Waals surface area contributed by atoms with Gasteiger partial charge < -0.3 is 25.4 Å². The summed E-state index contributed by atoms with van der Waals surface area (Å²) in [5, 5.41) is 4.58. The molecule has 2 aromatic carbocycles. The van der Waals surface area contributed by atoms with Crippen molar-refractivity contribution >= 4 is 39.7 Å². The summed E-state index contributed by atoms with van der Waals surface area (Å²) in [4.78, 5) is 15.3. The van der Waals surface area contributed by atoms with E-state index in [1.165, 1.54) is 6.33 Å². The van der Waals surface area contributed by atoms with Gasteiger partial charge in [0.1, 0.15) is 36.9 Å². The van der Waals surface area contributed by atoms with Gasteiger partial charge >= 0.3 is 0 Å². The van der Waals surface area contributed by atoms with Crippen molar-refractivity contribution < 1.29 is 9.47 Å². The number of nitrogens with two attached hydrogens (primary N) is 1. The van der Waals surface area contributed by atoms with Crippen molar-refractivity contribution in [3.05, 3.63) is 71.8 Å². The van der Waals surface area contributed by atoms with Gasteiger partial charge in [-0.1, -0.05) is 17.7 Å². The highest BCUT2D eigenvalue weighted by Gasteiger charge is 2.45. The van der Waals surface area contributed by atoms with E-state index in [4.69, 9.17) is 26.8 Å². The van der Waals surface area contributed by atoms with E-state index in [1.54, 1.807) is 12.3 Å². The van der Waals surface area contributed by atoms with E-state index in [0.717, 1.165) is 35.1 Å². The molecule has 0 atom stereocenters. The van der Waals surface area contributed by atoms with Crippen LogP contribution in [0, 0.1) is 0 Å². The van der Waals surface area contributed by atoms with Crippen LogP contribution in [0.1, 0.15) is 18.5 Å². The van der Waals surface area contributed by atoms with Crippen LogP contribution in [0.15, 0.2) is 61.1 Å². The van der Waals surface area contributed by atoms with E-state index in [9.17, 15) is 0 Å². The first-order chi connectivity index (χ1) is 16.9. The number of rotatable bonds is 9. The highest BCUT2D eigenvalue weighted by molar-refractivity contribution is 6.32. The van der Waals surface area contributed by atoms with E-state index in [1.807, 2.05) is 42.5 Å². The lowest BCUT2D eigenvalue weighted by molar-refractivity contribution is 0.168. The second-order valence-corrected chi connectivity index (χ2v) is 9.32. The Hall–Kier alpha value is -3.62. The molecule has 1 fully saturated rings. The molecule has 0 aliphatic heterocycles. The van der Waals surface area contributed by atoms with Crippen LogP contribution in [0.25, 0.3) is 10.9 Å². The van der Waals surface area contributed by atoms with E-state index in [0.29, 0.717) is 41.2 Å². The summed E-state index contributed by atoms with van der Waals surface area (Å²) in [6.45, 7) is 0.933. The Bertz CT molecular complexity index is 1340. The molecule has 2 aromatic heterocycles. The minimum absolute atomic E-state index is 0.104. The zero-order valence-electron chi connectivity index (χ0n) is 19.7. The number of hydrogen-bond acceptors (Lipinski definition) is 8. The molecule has 4 aromatic rings. The summed E-state index contributed by atoms with van der Waals surface area (Å²) in [7, 11) is 4.16. The summed E-state index contributed by atoms with van der Waals surface area (Å²) in [6, 6.07) is 14.9. The third kappa shape index (κ3) is 5.08. The Kier molecular flexibility index (Phi) is 6.32. The first-order valence-corrected chi connectivity index (χ1v) is 11.8. The van der Waals surface area contributed by atoms with Crippen molar-refractivity contribution in [1.29, 1.82) is 0 Å². The zero-order chi connectivity index (χ0) is 24.4. The minimum Gasteiger partial charge on any atom is -0.489 e. The lowest BCUT2D eigenvalue weighted by Crippen LogP contribution is -2.35. The first-order valence-electron chi connectivity index (χ1n) is 11.4. The molecule has 35 heavy (non-hydrogen) atoms. The number of nitrogens with one attached hydrogen (secondary N) is 1. The van der Waals surface area contributed by atoms with Crippen LogP contribution in [0.4, 0.5) is 17.2 Å². The number of nitrogens with zero attached hydrogens (tertiary/aromatic N) is 4. The van der Waals surface area contributed by atoms with Gasteiger partial charge in [0.15, 0.2) is 0 Å². The topological polar surface area (TPSA) is 98.4 Å². The first kappa shape index (κ1) is 23.1. The average molecular weight is 491 g/mol. The maximum absolute atomic E-state index is 6.47. The third-order valence-corrected chi connectivity index (χ3v) is 6.63. The maximum atomic E-state index is 6.47. The Morgan fingerprint density at radius 1 is 1.03 bits per heavy atom. The zero-order valence-corrected chi connectivity index (χ0v) is 20.4. The van der Waals surface area contributed by atoms with Crippen molar-refractivity contribution in [1.82, 2.24) is 19.9 Å². The number of benzene rings is 2. The molecule has 9 heteroatoms. The highest BCUT2D eigenvalue weighted by atomic mass is 35.5. The monoisotopic (exact) mass is 490 g/mol. The fourth-order valence-corrected chi connectivity index (χ4v) is 4.10. The van der Waals surface area contributed by atoms with Gasteiger partial charge in [-0.15, -0.1) is 0 Å². The van der Waals surface area contributed by atoms with Crippen LogP contribution in [0.5, 0.6) is 11.5 Å². The van der Waals surface area contributed by atoms with Crippen LogP contribution in [0.2, 0.25) is 5.02 Å². The average Bonchev–Trinajstić information content (AvgIpc) is 3.65. The molecular weight excluding hydrogens is 464 g/mol. The standard InChI is InChI=1S/C26H27ClN6O2/c1-33(2)26(8-9-26)15-35-24-13-22-19(12-21(24)28)25(31-16-30-22)32-17-6-7-23(20(27)11-17)34-14-18-5-3-4-10-29-18/h3-7,10-13,16H,8-9,14-15,28H2,1-2H3,(H,30,31,32). The fraction of sp³-hybridized carbons (Fsp3) is 0.269.